The minimum absolute atomic E-state index is 0.108. The van der Waals surface area contributed by atoms with E-state index in [-0.39, 0.29) is 54.6 Å². The summed E-state index contributed by atoms with van der Waals surface area (Å²) in [6.07, 6.45) is 4.35. The second-order valence-electron chi connectivity index (χ2n) is 15.0. The molecule has 9 rings (SSSR count). The zero-order valence-electron chi connectivity index (χ0n) is 33.2. The van der Waals surface area contributed by atoms with E-state index in [4.69, 9.17) is 78.5 Å². The van der Waals surface area contributed by atoms with E-state index in [1.807, 2.05) is 36.4 Å². The Morgan fingerprint density at radius 3 is 1.32 bits per heavy atom. The van der Waals surface area contributed by atoms with Crippen molar-refractivity contribution < 1.29 is 0 Å². The predicted octanol–water partition coefficient (Wildman–Crippen LogP) is -0.733. The van der Waals surface area contributed by atoms with Crippen molar-refractivity contribution in [2.24, 2.45) is 0 Å². The van der Waals surface area contributed by atoms with Crippen LogP contribution in [0.5, 0.6) is 0 Å². The van der Waals surface area contributed by atoms with Crippen molar-refractivity contribution in [3.8, 4) is 44.8 Å². The molecule has 2 aromatic heterocycles. The van der Waals surface area contributed by atoms with Crippen LogP contribution in [0.25, 0.3) is 89.6 Å². The lowest BCUT2D eigenvalue weighted by Gasteiger charge is -2.25. The average Bonchev–Trinajstić information content (AvgIpc) is 3.78. The molecule has 7 aromatic carbocycles. The summed E-state index contributed by atoms with van der Waals surface area (Å²) >= 11 is 0. The molecule has 0 fully saturated rings. The van der Waals surface area contributed by atoms with Crippen molar-refractivity contribution in [3.05, 3.63) is 120 Å². The van der Waals surface area contributed by atoms with E-state index < -0.39 is 0 Å². The average molecular weight is 739 g/mol. The predicted molar refractivity (Wildman–Crippen MR) is 267 cm³/mol. The maximum Gasteiger partial charge on any atom is 0.113 e. The fourth-order valence-electron chi connectivity index (χ4n) is 8.74. The van der Waals surface area contributed by atoms with Gasteiger partial charge in [0.2, 0.25) is 0 Å². The van der Waals surface area contributed by atoms with Gasteiger partial charge in [0, 0.05) is 38.1 Å². The molecule has 12 heteroatoms. The van der Waals surface area contributed by atoms with Crippen LogP contribution in [-0.2, 0) is 0 Å². The zero-order valence-corrected chi connectivity index (χ0v) is 33.2. The molecule has 0 saturated heterocycles. The van der Waals surface area contributed by atoms with Gasteiger partial charge in [-0.15, -0.1) is 32.8 Å². The second-order valence-corrected chi connectivity index (χ2v) is 15.0. The van der Waals surface area contributed by atoms with Crippen molar-refractivity contribution in [1.29, 1.82) is 0 Å². The maximum absolute atomic E-state index is 6.67. The second kappa shape index (κ2) is 15.1. The first kappa shape index (κ1) is 39.7. The monoisotopic (exact) mass is 740 g/mol. The van der Waals surface area contributed by atoms with E-state index in [1.165, 1.54) is 10.6 Å². The molecule has 0 atom stereocenters. The lowest BCUT2D eigenvalue weighted by atomic mass is 9.59. The molecule has 20 radical (unpaired) electrons. The smallest absolute Gasteiger partial charge is 0.113 e. The Balaban J connectivity index is 1.31. The molecule has 0 unspecified atom stereocenters. The van der Waals surface area contributed by atoms with Gasteiger partial charge in [-0.1, -0.05) is 82.5 Å². The lowest BCUT2D eigenvalue weighted by Crippen LogP contribution is -2.55. The fraction of sp³-hybridized carbons (Fsp3) is 0.0417. The van der Waals surface area contributed by atoms with Crippen LogP contribution in [0.2, 0.25) is 0 Å². The Morgan fingerprint density at radius 2 is 0.800 bits per heavy atom. The number of hydrogen-bond donors (Lipinski definition) is 0. The lowest BCUT2D eigenvalue weighted by molar-refractivity contribution is 1.07. The minimum atomic E-state index is 0.108. The van der Waals surface area contributed by atoms with Gasteiger partial charge < -0.3 is 9.13 Å². The minimum Gasteiger partial charge on any atom is -0.310 e. The molecule has 0 amide bonds. The number of para-hydroxylation sites is 2. The van der Waals surface area contributed by atoms with Gasteiger partial charge in [-0.2, -0.15) is 0 Å². The van der Waals surface area contributed by atoms with Gasteiger partial charge >= 0.3 is 0 Å². The topological polar surface area (TPSA) is 9.86 Å². The quantitative estimate of drug-likeness (QED) is 0.207. The Kier molecular flexibility index (Phi) is 9.98. The summed E-state index contributed by atoms with van der Waals surface area (Å²) in [5, 5.41) is 5.59. The highest BCUT2D eigenvalue weighted by atomic mass is 15.0. The fourth-order valence-corrected chi connectivity index (χ4v) is 8.74. The van der Waals surface area contributed by atoms with Gasteiger partial charge in [0.15, 0.2) is 0 Å². The molecule has 0 spiro atoms. The third kappa shape index (κ3) is 6.00. The molecule has 2 heterocycles. The van der Waals surface area contributed by atoms with Crippen molar-refractivity contribution >= 4 is 178 Å². The number of rotatable bonds is 5. The van der Waals surface area contributed by atoms with Gasteiger partial charge in [0.25, 0.3) is 0 Å². The summed E-state index contributed by atoms with van der Waals surface area (Å²) in [6, 6.07) is 37.7. The summed E-state index contributed by atoms with van der Waals surface area (Å²) in [5.74, 6) is 0. The van der Waals surface area contributed by atoms with Gasteiger partial charge in [-0.25, -0.2) is 0 Å². The first-order chi connectivity index (χ1) is 28.9. The number of hydrogen-bond acceptors (Lipinski definition) is 0. The molecular formula is C48H26B10N2. The SMILES string of the molecule is [B]c1c([B])c([B])c(-c2cc(-c3c([B])c([B])c([B])c([B])c3[B])cc(-n3c4ccccc4c4cc(-c5ccc6c(c5)c(=C/C)/c(=C\C)n6-c5ccccc5)ccc43)c2)c([B])c1[B]. The molecule has 2 nitrogen and oxygen atoms in total. The van der Waals surface area contributed by atoms with Crippen LogP contribution in [0.15, 0.2) is 109 Å². The largest absolute Gasteiger partial charge is 0.310 e. The van der Waals surface area contributed by atoms with Crippen LogP contribution in [0.1, 0.15) is 13.8 Å². The number of aromatic nitrogens is 2. The van der Waals surface area contributed by atoms with Gasteiger partial charge in [0.1, 0.15) is 78.5 Å². The Morgan fingerprint density at radius 1 is 0.350 bits per heavy atom. The molecule has 0 aliphatic heterocycles. The van der Waals surface area contributed by atoms with Gasteiger partial charge in [-0.3, -0.25) is 0 Å². The van der Waals surface area contributed by atoms with Crippen molar-refractivity contribution in [3.63, 3.8) is 0 Å². The molecule has 0 bridgehead atoms. The van der Waals surface area contributed by atoms with Gasteiger partial charge in [0.05, 0.1) is 16.6 Å². The maximum atomic E-state index is 6.67. The van der Waals surface area contributed by atoms with Crippen LogP contribution >= 0.6 is 0 Å². The molecule has 0 saturated carbocycles. The molecule has 9 aromatic rings. The van der Waals surface area contributed by atoms with E-state index >= 15 is 0 Å². The Bertz CT molecular complexity index is 3260. The number of nitrogens with zero attached hydrogens (tertiary/aromatic N) is 2. The Hall–Kier alpha value is -5.73. The highest BCUT2D eigenvalue weighted by Gasteiger charge is 2.21. The normalized spacial score (nSPS) is 12.4. The summed E-state index contributed by atoms with van der Waals surface area (Å²) in [5.41, 5.74) is 10.4. The summed E-state index contributed by atoms with van der Waals surface area (Å²) in [7, 11) is 64.7. The standard InChI is InChI=1S/C48H26B10N2/c1-3-29-31-21-23(14-16-35(31)59(33(29)4-2)27-10-6-5-7-11-27)24-15-17-36-32(22-24)30-12-8-9-13-34(30)60(36)28-19-25(37-39(49)43(53)47(57)44(54)40(37)50)18-26(20-28)38-41(51)45(55)48(58)46(56)42(38)52/h3-22H,1-2H3/b29-3-,33-4+. The van der Waals surface area contributed by atoms with Crippen LogP contribution in [0, 0.1) is 0 Å². The van der Waals surface area contributed by atoms with E-state index in [2.05, 4.69) is 108 Å². The molecule has 258 valence electrons. The number of fused-ring (bicyclic) bond motifs is 4. The van der Waals surface area contributed by atoms with Crippen molar-refractivity contribution in [1.82, 2.24) is 9.13 Å². The van der Waals surface area contributed by atoms with Crippen LogP contribution < -0.4 is 65.2 Å². The Labute approximate surface area is 363 Å². The molecule has 0 aliphatic carbocycles. The zero-order chi connectivity index (χ0) is 42.3. The molecule has 60 heavy (non-hydrogen) atoms. The highest BCUT2D eigenvalue weighted by molar-refractivity contribution is 6.70. The first-order valence-electron chi connectivity index (χ1n) is 19.4. The van der Waals surface area contributed by atoms with E-state index in [0.717, 1.165) is 55.2 Å². The highest BCUT2D eigenvalue weighted by Crippen LogP contribution is 2.37. The van der Waals surface area contributed by atoms with E-state index in [0.29, 0.717) is 22.3 Å². The number of benzene rings is 7. The third-order valence-corrected chi connectivity index (χ3v) is 11.8. The summed E-state index contributed by atoms with van der Waals surface area (Å²) in [6.45, 7) is 4.17. The third-order valence-electron chi connectivity index (χ3n) is 11.8. The van der Waals surface area contributed by atoms with Crippen molar-refractivity contribution in [2.75, 3.05) is 0 Å². The van der Waals surface area contributed by atoms with Crippen LogP contribution in [0.3, 0.4) is 0 Å². The summed E-state index contributed by atoms with van der Waals surface area (Å²) < 4.78 is 4.49. The molecule has 0 N–H and O–H groups in total. The van der Waals surface area contributed by atoms with E-state index in [9.17, 15) is 0 Å². The molecular weight excluding hydrogens is 713 g/mol. The summed E-state index contributed by atoms with van der Waals surface area (Å²) in [4.78, 5) is 0. The van der Waals surface area contributed by atoms with Crippen LogP contribution in [-0.4, -0.2) is 87.6 Å². The molecule has 0 aliphatic rings. The van der Waals surface area contributed by atoms with Crippen molar-refractivity contribution in [2.45, 2.75) is 13.8 Å². The van der Waals surface area contributed by atoms with Gasteiger partial charge in [-0.05, 0) is 108 Å². The first-order valence-corrected chi connectivity index (χ1v) is 19.4. The van der Waals surface area contributed by atoms with E-state index in [1.54, 1.807) is 0 Å². The van der Waals surface area contributed by atoms with Crippen LogP contribution in [0.4, 0.5) is 0 Å².